The maximum absolute atomic E-state index is 13.5. The maximum atomic E-state index is 13.5. The SMILES string of the molecule is Fc1cccc(CC(CCl)c2ccc(Br)cc2)c1Br. The van der Waals surface area contributed by atoms with Gasteiger partial charge in [0, 0.05) is 16.3 Å². The van der Waals surface area contributed by atoms with Gasteiger partial charge in [-0.2, -0.15) is 0 Å². The summed E-state index contributed by atoms with van der Waals surface area (Å²) in [6, 6.07) is 13.2. The normalized spacial score (nSPS) is 12.4. The van der Waals surface area contributed by atoms with Crippen LogP contribution >= 0.6 is 43.5 Å². The van der Waals surface area contributed by atoms with Gasteiger partial charge in [-0.3, -0.25) is 0 Å². The van der Waals surface area contributed by atoms with Crippen LogP contribution in [0.4, 0.5) is 4.39 Å². The molecule has 0 amide bonds. The maximum Gasteiger partial charge on any atom is 0.137 e. The molecular formula is C15H12Br2ClF. The van der Waals surface area contributed by atoms with E-state index in [2.05, 4.69) is 31.9 Å². The van der Waals surface area contributed by atoms with Crippen LogP contribution < -0.4 is 0 Å². The molecule has 0 spiro atoms. The first-order valence-electron chi connectivity index (χ1n) is 5.86. The van der Waals surface area contributed by atoms with Crippen molar-refractivity contribution in [3.63, 3.8) is 0 Å². The van der Waals surface area contributed by atoms with Gasteiger partial charge in [0.2, 0.25) is 0 Å². The number of halogens is 4. The first-order valence-corrected chi connectivity index (χ1v) is 7.98. The number of benzene rings is 2. The van der Waals surface area contributed by atoms with Crippen molar-refractivity contribution in [2.75, 3.05) is 5.88 Å². The van der Waals surface area contributed by atoms with E-state index in [0.717, 1.165) is 15.6 Å². The predicted octanol–water partition coefficient (Wildman–Crippen LogP) is 5.92. The highest BCUT2D eigenvalue weighted by atomic mass is 79.9. The van der Waals surface area contributed by atoms with Crippen molar-refractivity contribution in [1.82, 2.24) is 0 Å². The molecule has 0 fully saturated rings. The smallest absolute Gasteiger partial charge is 0.137 e. The molecule has 0 N–H and O–H groups in total. The molecule has 4 heteroatoms. The van der Waals surface area contributed by atoms with Crippen molar-refractivity contribution in [2.45, 2.75) is 12.3 Å². The van der Waals surface area contributed by atoms with Gasteiger partial charge in [0.15, 0.2) is 0 Å². The predicted molar refractivity (Wildman–Crippen MR) is 85.4 cm³/mol. The lowest BCUT2D eigenvalue weighted by molar-refractivity contribution is 0.615. The molecule has 1 unspecified atom stereocenters. The van der Waals surface area contributed by atoms with Crippen molar-refractivity contribution in [1.29, 1.82) is 0 Å². The Hall–Kier alpha value is -0.380. The quantitative estimate of drug-likeness (QED) is 0.553. The molecule has 0 heterocycles. The van der Waals surface area contributed by atoms with E-state index in [4.69, 9.17) is 11.6 Å². The second kappa shape index (κ2) is 6.87. The first-order chi connectivity index (χ1) is 9.11. The molecule has 2 rings (SSSR count). The highest BCUT2D eigenvalue weighted by Gasteiger charge is 2.14. The van der Waals surface area contributed by atoms with Crippen LogP contribution in [0, 0.1) is 5.82 Å². The summed E-state index contributed by atoms with van der Waals surface area (Å²) in [5.41, 5.74) is 2.10. The van der Waals surface area contributed by atoms with E-state index in [-0.39, 0.29) is 11.7 Å². The van der Waals surface area contributed by atoms with E-state index >= 15 is 0 Å². The Labute approximate surface area is 134 Å². The van der Waals surface area contributed by atoms with Gasteiger partial charge in [0.1, 0.15) is 5.82 Å². The number of hydrogen-bond donors (Lipinski definition) is 0. The van der Waals surface area contributed by atoms with Crippen LogP contribution in [0.2, 0.25) is 0 Å². The van der Waals surface area contributed by atoms with Crippen LogP contribution in [0.15, 0.2) is 51.4 Å². The third kappa shape index (κ3) is 3.80. The molecule has 0 saturated carbocycles. The van der Waals surface area contributed by atoms with Gasteiger partial charge in [-0.25, -0.2) is 4.39 Å². The summed E-state index contributed by atoms with van der Waals surface area (Å²) in [5.74, 6) is 0.444. The average Bonchev–Trinajstić information content (AvgIpc) is 2.42. The van der Waals surface area contributed by atoms with E-state index in [1.807, 2.05) is 30.3 Å². The summed E-state index contributed by atoms with van der Waals surface area (Å²) in [7, 11) is 0. The number of rotatable bonds is 4. The van der Waals surface area contributed by atoms with E-state index in [1.54, 1.807) is 6.07 Å². The van der Waals surface area contributed by atoms with Gasteiger partial charge in [-0.1, -0.05) is 40.2 Å². The van der Waals surface area contributed by atoms with Crippen molar-refractivity contribution < 1.29 is 4.39 Å². The van der Waals surface area contributed by atoms with Gasteiger partial charge < -0.3 is 0 Å². The number of hydrogen-bond acceptors (Lipinski definition) is 0. The molecular weight excluding hydrogens is 394 g/mol. The Balaban J connectivity index is 2.24. The Morgan fingerprint density at radius 1 is 1.05 bits per heavy atom. The van der Waals surface area contributed by atoms with Gasteiger partial charge in [0.25, 0.3) is 0 Å². The Morgan fingerprint density at radius 3 is 2.37 bits per heavy atom. The van der Waals surface area contributed by atoms with Crippen LogP contribution in [0.5, 0.6) is 0 Å². The lowest BCUT2D eigenvalue weighted by atomic mass is 9.93. The molecule has 0 bridgehead atoms. The Morgan fingerprint density at radius 2 is 1.74 bits per heavy atom. The topological polar surface area (TPSA) is 0 Å². The lowest BCUT2D eigenvalue weighted by Gasteiger charge is -2.16. The zero-order chi connectivity index (χ0) is 13.8. The van der Waals surface area contributed by atoms with Gasteiger partial charge in [0.05, 0.1) is 4.47 Å². The Bertz CT molecular complexity index is 555. The first kappa shape index (κ1) is 15.0. The summed E-state index contributed by atoms with van der Waals surface area (Å²) in [6.07, 6.45) is 0.712. The summed E-state index contributed by atoms with van der Waals surface area (Å²) in [5, 5.41) is 0. The third-order valence-electron chi connectivity index (χ3n) is 3.03. The summed E-state index contributed by atoms with van der Waals surface area (Å²) in [4.78, 5) is 0. The largest absolute Gasteiger partial charge is 0.206 e. The molecule has 2 aromatic carbocycles. The molecule has 0 aliphatic carbocycles. The Kier molecular flexibility index (Phi) is 5.43. The van der Waals surface area contributed by atoms with Crippen LogP contribution in [-0.2, 0) is 6.42 Å². The van der Waals surface area contributed by atoms with Crippen LogP contribution in [0.1, 0.15) is 17.0 Å². The van der Waals surface area contributed by atoms with Crippen LogP contribution in [0.3, 0.4) is 0 Å². The molecule has 0 radical (unpaired) electrons. The van der Waals surface area contributed by atoms with Gasteiger partial charge in [-0.15, -0.1) is 11.6 Å². The van der Waals surface area contributed by atoms with Crippen molar-refractivity contribution >= 4 is 43.5 Å². The minimum Gasteiger partial charge on any atom is -0.206 e. The zero-order valence-corrected chi connectivity index (χ0v) is 14.0. The highest BCUT2D eigenvalue weighted by Crippen LogP contribution is 2.28. The fourth-order valence-corrected chi connectivity index (χ4v) is 2.95. The van der Waals surface area contributed by atoms with Gasteiger partial charge >= 0.3 is 0 Å². The molecule has 0 aliphatic rings. The molecule has 0 nitrogen and oxygen atoms in total. The molecule has 2 aromatic rings. The van der Waals surface area contributed by atoms with Crippen molar-refractivity contribution in [3.8, 4) is 0 Å². The third-order valence-corrected chi connectivity index (χ3v) is 4.81. The average molecular weight is 407 g/mol. The molecule has 0 saturated heterocycles. The lowest BCUT2D eigenvalue weighted by Crippen LogP contribution is -2.05. The highest BCUT2D eigenvalue weighted by molar-refractivity contribution is 9.10. The number of alkyl halides is 1. The molecule has 19 heavy (non-hydrogen) atoms. The van der Waals surface area contributed by atoms with Crippen molar-refractivity contribution in [2.24, 2.45) is 0 Å². The summed E-state index contributed by atoms with van der Waals surface area (Å²) >= 11 is 12.8. The molecule has 1 atom stereocenters. The van der Waals surface area contributed by atoms with E-state index in [9.17, 15) is 4.39 Å². The summed E-state index contributed by atoms with van der Waals surface area (Å²) < 4.78 is 15.1. The zero-order valence-electron chi connectivity index (χ0n) is 10.0. The fraction of sp³-hybridized carbons (Fsp3) is 0.200. The fourth-order valence-electron chi connectivity index (χ4n) is 1.97. The van der Waals surface area contributed by atoms with Gasteiger partial charge in [-0.05, 0) is 51.7 Å². The van der Waals surface area contributed by atoms with Crippen LogP contribution in [0.25, 0.3) is 0 Å². The molecule has 0 aliphatic heterocycles. The second-order valence-corrected chi connectivity index (χ2v) is 6.34. The monoisotopic (exact) mass is 404 g/mol. The minimum absolute atomic E-state index is 0.174. The van der Waals surface area contributed by atoms with E-state index in [1.165, 1.54) is 6.07 Å². The second-order valence-electron chi connectivity index (χ2n) is 4.32. The molecule has 0 aromatic heterocycles. The molecule has 100 valence electrons. The summed E-state index contributed by atoms with van der Waals surface area (Å²) in [6.45, 7) is 0. The van der Waals surface area contributed by atoms with E-state index in [0.29, 0.717) is 16.8 Å². The van der Waals surface area contributed by atoms with Crippen molar-refractivity contribution in [3.05, 3.63) is 68.4 Å². The van der Waals surface area contributed by atoms with Crippen LogP contribution in [-0.4, -0.2) is 5.88 Å². The van der Waals surface area contributed by atoms with E-state index < -0.39 is 0 Å². The minimum atomic E-state index is -0.235. The standard InChI is InChI=1S/C15H12Br2ClF/c16-13-6-4-10(5-7-13)12(9-18)8-11-2-1-3-14(19)15(11)17/h1-7,12H,8-9H2.